The number of benzene rings is 1. The maximum atomic E-state index is 13.7. The summed E-state index contributed by atoms with van der Waals surface area (Å²) in [5.74, 6) is 0.952. The minimum atomic E-state index is -0.271. The molecule has 96 valence electrons. The lowest BCUT2D eigenvalue weighted by atomic mass is 9.99. The Morgan fingerprint density at radius 1 is 1.39 bits per heavy atom. The van der Waals surface area contributed by atoms with Crippen LogP contribution in [0.5, 0.6) is 0 Å². The topological polar surface area (TPSA) is 25.2 Å². The fourth-order valence-corrected chi connectivity index (χ4v) is 2.44. The zero-order valence-electron chi connectivity index (χ0n) is 10.8. The first-order valence-electron chi connectivity index (χ1n) is 6.60. The Bertz CT molecular complexity index is 569. The van der Waals surface area contributed by atoms with Crippen LogP contribution in [0.1, 0.15) is 43.9 Å². The molecule has 0 aliphatic heterocycles. The van der Waals surface area contributed by atoms with Gasteiger partial charge in [0.05, 0.1) is 6.54 Å². The van der Waals surface area contributed by atoms with E-state index in [4.69, 9.17) is 4.42 Å². The summed E-state index contributed by atoms with van der Waals surface area (Å²) in [5.41, 5.74) is 1.53. The molecule has 0 bridgehead atoms. The zero-order chi connectivity index (χ0) is 12.7. The molecule has 1 saturated carbocycles. The fraction of sp³-hybridized carbons (Fsp3) is 0.467. The molecule has 1 aromatic heterocycles. The largest absolute Gasteiger partial charge is 0.456 e. The van der Waals surface area contributed by atoms with E-state index < -0.39 is 0 Å². The van der Waals surface area contributed by atoms with E-state index in [2.05, 4.69) is 19.2 Å². The van der Waals surface area contributed by atoms with Gasteiger partial charge in [0, 0.05) is 17.0 Å². The highest BCUT2D eigenvalue weighted by molar-refractivity contribution is 5.83. The second-order valence-electron chi connectivity index (χ2n) is 5.37. The van der Waals surface area contributed by atoms with Gasteiger partial charge in [0.2, 0.25) is 0 Å². The van der Waals surface area contributed by atoms with Gasteiger partial charge in [-0.2, -0.15) is 0 Å². The van der Waals surface area contributed by atoms with E-state index in [9.17, 15) is 4.39 Å². The molecule has 1 N–H and O–H groups in total. The molecule has 3 rings (SSSR count). The first-order chi connectivity index (χ1) is 8.66. The zero-order valence-corrected chi connectivity index (χ0v) is 10.8. The Hall–Kier alpha value is -1.35. The third-order valence-electron chi connectivity index (χ3n) is 3.49. The van der Waals surface area contributed by atoms with Gasteiger partial charge in [-0.25, -0.2) is 4.39 Å². The number of rotatable bonds is 4. The lowest BCUT2D eigenvalue weighted by Gasteiger charge is -2.07. The first kappa shape index (κ1) is 11.7. The monoisotopic (exact) mass is 247 g/mol. The van der Waals surface area contributed by atoms with E-state index in [1.165, 1.54) is 18.9 Å². The van der Waals surface area contributed by atoms with Crippen molar-refractivity contribution < 1.29 is 8.81 Å². The van der Waals surface area contributed by atoms with Crippen molar-refractivity contribution in [1.82, 2.24) is 5.32 Å². The maximum absolute atomic E-state index is 13.7. The van der Waals surface area contributed by atoms with E-state index >= 15 is 0 Å². The van der Waals surface area contributed by atoms with E-state index in [0.29, 0.717) is 24.1 Å². The van der Waals surface area contributed by atoms with Crippen molar-refractivity contribution in [2.75, 3.05) is 0 Å². The summed E-state index contributed by atoms with van der Waals surface area (Å²) < 4.78 is 19.5. The molecule has 1 aliphatic carbocycles. The van der Waals surface area contributed by atoms with Crippen molar-refractivity contribution in [2.24, 2.45) is 0 Å². The van der Waals surface area contributed by atoms with Crippen LogP contribution in [0.3, 0.4) is 0 Å². The van der Waals surface area contributed by atoms with Crippen molar-refractivity contribution in [2.45, 2.75) is 45.2 Å². The lowest BCUT2D eigenvalue weighted by molar-refractivity contribution is 0.487. The van der Waals surface area contributed by atoms with E-state index in [1.807, 2.05) is 6.07 Å². The maximum Gasteiger partial charge on any atom is 0.170 e. The molecule has 2 aromatic rings. The number of hydrogen-bond donors (Lipinski definition) is 1. The van der Waals surface area contributed by atoms with E-state index in [1.54, 1.807) is 6.07 Å². The normalized spacial score (nSPS) is 15.8. The highest BCUT2D eigenvalue weighted by Crippen LogP contribution is 2.33. The predicted octanol–water partition coefficient (Wildman–Crippen LogP) is 3.95. The molecular formula is C15H18FNO. The van der Waals surface area contributed by atoms with Gasteiger partial charge in [-0.3, -0.25) is 0 Å². The molecule has 1 heterocycles. The molecule has 0 amide bonds. The fourth-order valence-electron chi connectivity index (χ4n) is 2.44. The molecule has 0 unspecified atom stereocenters. The smallest absolute Gasteiger partial charge is 0.170 e. The van der Waals surface area contributed by atoms with Gasteiger partial charge in [0.25, 0.3) is 0 Å². The van der Waals surface area contributed by atoms with Gasteiger partial charge in [-0.15, -0.1) is 0 Å². The van der Waals surface area contributed by atoms with E-state index in [0.717, 1.165) is 16.7 Å². The summed E-state index contributed by atoms with van der Waals surface area (Å²) in [6.45, 7) is 4.94. The Kier molecular flexibility index (Phi) is 2.86. The number of para-hydroxylation sites is 1. The number of furan rings is 1. The molecule has 1 aromatic carbocycles. The van der Waals surface area contributed by atoms with Crippen LogP contribution < -0.4 is 5.32 Å². The van der Waals surface area contributed by atoms with Gasteiger partial charge in [0.15, 0.2) is 11.4 Å². The molecule has 18 heavy (non-hydrogen) atoms. The number of halogens is 1. The molecule has 1 aliphatic rings. The predicted molar refractivity (Wildman–Crippen MR) is 70.1 cm³/mol. The summed E-state index contributed by atoms with van der Waals surface area (Å²) in [5, 5.41) is 4.35. The Morgan fingerprint density at radius 2 is 2.17 bits per heavy atom. The van der Waals surface area contributed by atoms with Crippen molar-refractivity contribution in [3.05, 3.63) is 35.3 Å². The average Bonchev–Trinajstić information content (AvgIpc) is 3.06. The molecule has 0 spiro atoms. The van der Waals surface area contributed by atoms with Crippen LogP contribution in [-0.4, -0.2) is 6.04 Å². The van der Waals surface area contributed by atoms with Gasteiger partial charge in [0.1, 0.15) is 5.76 Å². The molecule has 3 heteroatoms. The Balaban J connectivity index is 2.04. The summed E-state index contributed by atoms with van der Waals surface area (Å²) >= 11 is 0. The highest BCUT2D eigenvalue weighted by atomic mass is 19.1. The summed E-state index contributed by atoms with van der Waals surface area (Å²) in [7, 11) is 0. The van der Waals surface area contributed by atoms with Gasteiger partial charge < -0.3 is 9.73 Å². The summed E-state index contributed by atoms with van der Waals surface area (Å²) in [6.07, 6.45) is 2.48. The van der Waals surface area contributed by atoms with Crippen LogP contribution in [0.25, 0.3) is 11.0 Å². The van der Waals surface area contributed by atoms with Crippen LogP contribution in [0, 0.1) is 5.82 Å². The van der Waals surface area contributed by atoms with Crippen LogP contribution in [0.2, 0.25) is 0 Å². The summed E-state index contributed by atoms with van der Waals surface area (Å²) in [6, 6.07) is 5.77. The number of nitrogens with one attached hydrogen (secondary N) is 1. The summed E-state index contributed by atoms with van der Waals surface area (Å²) in [4.78, 5) is 0. The van der Waals surface area contributed by atoms with Crippen LogP contribution in [0.4, 0.5) is 4.39 Å². The highest BCUT2D eigenvalue weighted by Gasteiger charge is 2.23. The van der Waals surface area contributed by atoms with Crippen molar-refractivity contribution >= 4 is 11.0 Å². The SMILES string of the molecule is CC(C)c1c(CNC2CC2)oc2c(F)cccc12. The standard InChI is InChI=1S/C15H18FNO/c1-9(2)14-11-4-3-5-12(16)15(11)18-13(14)8-17-10-6-7-10/h3-5,9-10,17H,6-8H2,1-2H3. The Morgan fingerprint density at radius 3 is 2.83 bits per heavy atom. The minimum absolute atomic E-state index is 0.271. The number of hydrogen-bond acceptors (Lipinski definition) is 2. The molecule has 0 saturated heterocycles. The average molecular weight is 247 g/mol. The molecule has 0 radical (unpaired) electrons. The third kappa shape index (κ3) is 2.03. The van der Waals surface area contributed by atoms with Crippen molar-refractivity contribution in [3.63, 3.8) is 0 Å². The third-order valence-corrected chi connectivity index (χ3v) is 3.49. The van der Waals surface area contributed by atoms with Crippen molar-refractivity contribution in [1.29, 1.82) is 0 Å². The van der Waals surface area contributed by atoms with Gasteiger partial charge in [-0.1, -0.05) is 26.0 Å². The lowest BCUT2D eigenvalue weighted by Crippen LogP contribution is -2.15. The van der Waals surface area contributed by atoms with Crippen LogP contribution >= 0.6 is 0 Å². The Labute approximate surface area is 106 Å². The van der Waals surface area contributed by atoms with Crippen molar-refractivity contribution in [3.8, 4) is 0 Å². The van der Waals surface area contributed by atoms with Crippen LogP contribution in [-0.2, 0) is 6.54 Å². The molecule has 1 fully saturated rings. The minimum Gasteiger partial charge on any atom is -0.456 e. The first-order valence-corrected chi connectivity index (χ1v) is 6.60. The quantitative estimate of drug-likeness (QED) is 0.885. The second-order valence-corrected chi connectivity index (χ2v) is 5.37. The molecular weight excluding hydrogens is 229 g/mol. The molecule has 0 atom stereocenters. The van der Waals surface area contributed by atoms with Gasteiger partial charge in [-0.05, 0) is 24.8 Å². The van der Waals surface area contributed by atoms with Gasteiger partial charge >= 0.3 is 0 Å². The van der Waals surface area contributed by atoms with E-state index in [-0.39, 0.29) is 5.82 Å². The molecule has 2 nitrogen and oxygen atoms in total. The second kappa shape index (κ2) is 4.39. The van der Waals surface area contributed by atoms with Crippen LogP contribution in [0.15, 0.2) is 22.6 Å². The number of fused-ring (bicyclic) bond motifs is 1.